The number of nitrogens with zero attached hydrogens (tertiary/aromatic N) is 3. The third-order valence-electron chi connectivity index (χ3n) is 0. The van der Waals surface area contributed by atoms with Gasteiger partial charge in [0.15, 0.2) is 0 Å². The van der Waals surface area contributed by atoms with Gasteiger partial charge in [0.2, 0.25) is 0 Å². The van der Waals surface area contributed by atoms with Crippen molar-refractivity contribution in [2.75, 3.05) is 0 Å². The number of rotatable bonds is 0. The maximum Gasteiger partial charge on any atom is 5.00 e. The van der Waals surface area contributed by atoms with Gasteiger partial charge in [0.25, 0.3) is 0 Å². The monoisotopic (exact) mass is 183 g/mol. The first kappa shape index (κ1) is 101. The van der Waals surface area contributed by atoms with E-state index in [4.69, 9.17) is 0 Å². The van der Waals surface area contributed by atoms with Crippen LogP contribution in [0, 0.1) is 0 Å². The normalized spacial score (nSPS) is 0. The van der Waals surface area contributed by atoms with Gasteiger partial charge in [-0.05, 0) is 0 Å². The molecule has 0 aromatic rings. The fourth-order valence-corrected chi connectivity index (χ4v) is 0. The van der Waals surface area contributed by atoms with Gasteiger partial charge < -0.3 is 18.5 Å². The summed E-state index contributed by atoms with van der Waals surface area (Å²) < 4.78 is 0. The van der Waals surface area contributed by atoms with E-state index in [9.17, 15) is 0 Å². The van der Waals surface area contributed by atoms with Gasteiger partial charge in [0.1, 0.15) is 0 Å². The summed E-state index contributed by atoms with van der Waals surface area (Å²) >= 11 is 0. The molecular formula is N3NbTi. The van der Waals surface area contributed by atoms with Crippen LogP contribution >= 0.6 is 0 Å². The summed E-state index contributed by atoms with van der Waals surface area (Å²) in [6, 6.07) is 0. The molecule has 0 radical (unpaired) electrons. The molecule has 0 amide bonds. The van der Waals surface area contributed by atoms with E-state index in [1.807, 2.05) is 0 Å². The number of hydrogen-bond donors (Lipinski definition) is 0. The van der Waals surface area contributed by atoms with Gasteiger partial charge in [0, 0.05) is 0 Å². The Morgan fingerprint density at radius 3 is 0.600 bits per heavy atom. The molecule has 0 heterocycles. The van der Waals surface area contributed by atoms with E-state index in [1.54, 1.807) is 0 Å². The Balaban J connectivity index is 0. The van der Waals surface area contributed by atoms with E-state index in [2.05, 4.69) is 0 Å². The first-order valence-electron chi connectivity index (χ1n) is 0. The summed E-state index contributed by atoms with van der Waals surface area (Å²) in [7, 11) is 0. The Hall–Kier alpha value is 1.33. The Kier molecular flexibility index (Phi) is 1140. The van der Waals surface area contributed by atoms with Crippen molar-refractivity contribution in [3.8, 4) is 0 Å². The first-order chi connectivity index (χ1) is 0. The minimum Gasteiger partial charge on any atom is -3.00 e. The van der Waals surface area contributed by atoms with E-state index in [1.165, 1.54) is 0 Å². The standard InChI is InChI=1S/3N.Nb.Ti/q3*-3;+5;+4. The van der Waals surface area contributed by atoms with E-state index in [0.717, 1.165) is 0 Å². The second-order valence-corrected chi connectivity index (χ2v) is 0. The zero-order valence-corrected chi connectivity index (χ0v) is 6.05. The number of hydrogen-bond acceptors (Lipinski definition) is 0. The van der Waals surface area contributed by atoms with Crippen molar-refractivity contribution in [2.45, 2.75) is 0 Å². The third-order valence-corrected chi connectivity index (χ3v) is 0. The van der Waals surface area contributed by atoms with Gasteiger partial charge in [-0.25, -0.2) is 0 Å². The molecule has 0 fully saturated rings. The molecule has 0 aromatic carbocycles. The molecule has 5 heavy (non-hydrogen) atoms. The molecule has 0 aliphatic rings. The predicted molar refractivity (Wildman–Crippen MR) is 10.1 cm³/mol. The maximum atomic E-state index is 0. The molecule has 0 saturated carbocycles. The fraction of sp³-hybridized carbons (Fsp3) is 0. The van der Waals surface area contributed by atoms with Crippen molar-refractivity contribution in [1.82, 2.24) is 0 Å². The average molecular weight is 183 g/mol. The minimum atomic E-state index is 0. The summed E-state index contributed by atoms with van der Waals surface area (Å²) in [6.45, 7) is 0. The predicted octanol–water partition coefficient (Wildman–Crippen LogP) is 0.861. The average Bonchev–Trinajstić information content (AvgIpc) is 0. The Bertz CT molecular complexity index is 6.85. The van der Waals surface area contributed by atoms with Crippen molar-refractivity contribution in [3.63, 3.8) is 0 Å². The van der Waals surface area contributed by atoms with Gasteiger partial charge in [-0.3, -0.25) is 0 Å². The molecule has 0 aliphatic heterocycles. The van der Waals surface area contributed by atoms with Gasteiger partial charge in [-0.2, -0.15) is 0 Å². The van der Waals surface area contributed by atoms with Crippen LogP contribution in [0.15, 0.2) is 0 Å². The van der Waals surface area contributed by atoms with Crippen LogP contribution < -0.4 is 0 Å². The van der Waals surface area contributed by atoms with E-state index >= 15 is 0 Å². The van der Waals surface area contributed by atoms with Crippen LogP contribution in [0.5, 0.6) is 0 Å². The van der Waals surface area contributed by atoms with Crippen molar-refractivity contribution in [3.05, 3.63) is 18.5 Å². The molecule has 5 heteroatoms. The Morgan fingerprint density at radius 1 is 0.600 bits per heavy atom. The summed E-state index contributed by atoms with van der Waals surface area (Å²) in [6.07, 6.45) is 0. The molecule has 0 bridgehead atoms. The van der Waals surface area contributed by atoms with Gasteiger partial charge >= 0.3 is 44.1 Å². The van der Waals surface area contributed by atoms with Crippen LogP contribution in [0.2, 0.25) is 0 Å². The van der Waals surface area contributed by atoms with Crippen LogP contribution in [-0.2, 0) is 44.1 Å². The zero-order valence-electron chi connectivity index (χ0n) is 2.29. The van der Waals surface area contributed by atoms with E-state index in [-0.39, 0.29) is 62.5 Å². The minimum absolute atomic E-state index is 0. The van der Waals surface area contributed by atoms with Gasteiger partial charge in [0.05, 0.1) is 0 Å². The van der Waals surface area contributed by atoms with Crippen molar-refractivity contribution >= 4 is 0 Å². The summed E-state index contributed by atoms with van der Waals surface area (Å²) in [5.74, 6) is 0. The molecule has 0 saturated heterocycles. The second-order valence-electron chi connectivity index (χ2n) is 0. The molecule has 0 aromatic heterocycles. The van der Waals surface area contributed by atoms with Crippen molar-refractivity contribution in [2.24, 2.45) is 0 Å². The van der Waals surface area contributed by atoms with Crippen molar-refractivity contribution in [1.29, 1.82) is 0 Å². The Morgan fingerprint density at radius 2 is 0.600 bits per heavy atom. The van der Waals surface area contributed by atoms with Gasteiger partial charge in [-0.1, -0.05) is 0 Å². The smallest absolute Gasteiger partial charge is 3.00 e. The van der Waals surface area contributed by atoms with Crippen LogP contribution in [0.3, 0.4) is 0 Å². The molecule has 0 N–H and O–H groups in total. The van der Waals surface area contributed by atoms with Gasteiger partial charge in [-0.15, -0.1) is 0 Å². The molecule has 0 spiro atoms. The molecule has 24 valence electrons. The third kappa shape index (κ3) is 33.3. The fourth-order valence-electron chi connectivity index (χ4n) is 0. The molecule has 0 rings (SSSR count). The maximum absolute atomic E-state index is 0. The molecule has 0 unspecified atom stereocenters. The SMILES string of the molecule is [N-3].[N-3].[N-3].[Nb+5].[Ti+4]. The molecule has 3 nitrogen and oxygen atoms in total. The summed E-state index contributed by atoms with van der Waals surface area (Å²) in [4.78, 5) is 0. The van der Waals surface area contributed by atoms with E-state index in [0.29, 0.717) is 0 Å². The molecule has 0 aliphatic carbocycles. The molecular weight excluding hydrogens is 183 g/mol. The Labute approximate surface area is 62.4 Å². The summed E-state index contributed by atoms with van der Waals surface area (Å²) in [5.41, 5.74) is 0. The van der Waals surface area contributed by atoms with Crippen molar-refractivity contribution < 1.29 is 44.1 Å². The van der Waals surface area contributed by atoms with Crippen LogP contribution in [-0.4, -0.2) is 0 Å². The zero-order chi connectivity index (χ0) is 0. The topological polar surface area (TPSA) is 91.5 Å². The van der Waals surface area contributed by atoms with Crippen LogP contribution in [0.4, 0.5) is 0 Å². The largest absolute Gasteiger partial charge is 5.00 e. The summed E-state index contributed by atoms with van der Waals surface area (Å²) in [5, 5.41) is 0. The molecule has 0 atom stereocenters. The van der Waals surface area contributed by atoms with Crippen LogP contribution in [0.25, 0.3) is 18.5 Å². The van der Waals surface area contributed by atoms with Crippen LogP contribution in [0.1, 0.15) is 0 Å². The quantitative estimate of drug-likeness (QED) is 0.498. The first-order valence-corrected chi connectivity index (χ1v) is 0. The van der Waals surface area contributed by atoms with E-state index < -0.39 is 0 Å². The second kappa shape index (κ2) is 56.3.